The molecule has 0 saturated heterocycles. The van der Waals surface area contributed by atoms with E-state index in [1.807, 2.05) is 26.0 Å². The number of hydrogen-bond acceptors (Lipinski definition) is 5. The van der Waals surface area contributed by atoms with Gasteiger partial charge in [-0.15, -0.1) is 0 Å². The smallest absolute Gasteiger partial charge is 0.246 e. The van der Waals surface area contributed by atoms with E-state index >= 15 is 0 Å². The second kappa shape index (κ2) is 8.14. The maximum absolute atomic E-state index is 12.5. The van der Waals surface area contributed by atoms with Gasteiger partial charge in [0.25, 0.3) is 0 Å². The Morgan fingerprint density at radius 3 is 2.56 bits per heavy atom. The molecule has 2 heterocycles. The molecule has 0 unspecified atom stereocenters. The molecule has 7 heteroatoms. The number of carbonyl (C=O) groups is 1. The number of likely N-dealkylation sites (N-methyl/N-ethyl adjacent to an activating group) is 1. The van der Waals surface area contributed by atoms with Crippen LogP contribution in [0.3, 0.4) is 0 Å². The van der Waals surface area contributed by atoms with Gasteiger partial charge < -0.3 is 10.2 Å². The van der Waals surface area contributed by atoms with E-state index in [4.69, 9.17) is 11.6 Å². The maximum atomic E-state index is 12.5. The highest BCUT2D eigenvalue weighted by atomic mass is 35.5. The molecule has 1 amide bonds. The van der Waals surface area contributed by atoms with Gasteiger partial charge in [0.05, 0.1) is 6.54 Å². The Balaban J connectivity index is 1.76. The van der Waals surface area contributed by atoms with Crippen molar-refractivity contribution in [3.05, 3.63) is 65.1 Å². The maximum Gasteiger partial charge on any atom is 0.246 e. The van der Waals surface area contributed by atoms with E-state index in [0.29, 0.717) is 16.7 Å². The first-order valence-corrected chi connectivity index (χ1v) is 8.85. The molecule has 0 aliphatic carbocycles. The largest absolute Gasteiger partial charge is 0.361 e. The number of rotatable bonds is 5. The molecule has 0 fully saturated rings. The summed E-state index contributed by atoms with van der Waals surface area (Å²) >= 11 is 5.90. The summed E-state index contributed by atoms with van der Waals surface area (Å²) in [5, 5.41) is 3.77. The number of halogens is 1. The van der Waals surface area contributed by atoms with Crippen molar-refractivity contribution in [1.82, 2.24) is 15.0 Å². The highest BCUT2D eigenvalue weighted by Gasteiger charge is 2.14. The number of nitrogens with zero attached hydrogens (tertiary/aromatic N) is 4. The first-order valence-electron chi connectivity index (χ1n) is 8.47. The number of aryl methyl sites for hydroxylation is 1. The van der Waals surface area contributed by atoms with Gasteiger partial charge in [-0.1, -0.05) is 11.6 Å². The van der Waals surface area contributed by atoms with E-state index < -0.39 is 0 Å². The standard InChI is InChI=1S/C20H20ClN5O/c1-13-14(2)24-20(15-5-4-10-22-11-15)25-19(13)23-12-18(27)26(3)17-8-6-16(21)7-9-17/h4-11H,12H2,1-3H3,(H,23,24,25). The van der Waals surface area contributed by atoms with Crippen LogP contribution in [0, 0.1) is 13.8 Å². The van der Waals surface area contributed by atoms with Gasteiger partial charge in [0.15, 0.2) is 5.82 Å². The Kier molecular flexibility index (Phi) is 5.66. The predicted octanol–water partition coefficient (Wildman–Crippen LogP) is 3.88. The SMILES string of the molecule is Cc1nc(-c2cccnc2)nc(NCC(=O)N(C)c2ccc(Cl)cc2)c1C. The minimum atomic E-state index is -0.0871. The van der Waals surface area contributed by atoms with Crippen LogP contribution in [-0.2, 0) is 4.79 Å². The van der Waals surface area contributed by atoms with Crippen molar-refractivity contribution in [1.29, 1.82) is 0 Å². The van der Waals surface area contributed by atoms with Crippen molar-refractivity contribution in [2.45, 2.75) is 13.8 Å². The molecular weight excluding hydrogens is 362 g/mol. The fourth-order valence-electron chi connectivity index (χ4n) is 2.51. The summed E-state index contributed by atoms with van der Waals surface area (Å²) in [4.78, 5) is 27.3. The molecule has 0 spiro atoms. The summed E-state index contributed by atoms with van der Waals surface area (Å²) < 4.78 is 0. The summed E-state index contributed by atoms with van der Waals surface area (Å²) in [6.45, 7) is 3.96. The van der Waals surface area contributed by atoms with E-state index in [0.717, 1.165) is 22.5 Å². The number of benzene rings is 1. The Morgan fingerprint density at radius 2 is 1.89 bits per heavy atom. The number of anilines is 2. The molecule has 6 nitrogen and oxygen atoms in total. The number of amides is 1. The van der Waals surface area contributed by atoms with Crippen molar-refractivity contribution in [3.63, 3.8) is 0 Å². The second-order valence-electron chi connectivity index (χ2n) is 6.13. The summed E-state index contributed by atoms with van der Waals surface area (Å²) in [5.41, 5.74) is 3.36. The molecule has 0 bridgehead atoms. The van der Waals surface area contributed by atoms with Gasteiger partial charge in [-0.3, -0.25) is 9.78 Å². The molecule has 0 aliphatic rings. The van der Waals surface area contributed by atoms with Gasteiger partial charge >= 0.3 is 0 Å². The lowest BCUT2D eigenvalue weighted by Crippen LogP contribution is -2.32. The number of nitrogens with one attached hydrogen (secondary N) is 1. The number of pyridine rings is 1. The van der Waals surface area contributed by atoms with Crippen LogP contribution in [0.2, 0.25) is 5.02 Å². The average Bonchev–Trinajstić information content (AvgIpc) is 2.69. The molecule has 3 rings (SSSR count). The minimum absolute atomic E-state index is 0.0871. The first-order chi connectivity index (χ1) is 13.0. The molecule has 138 valence electrons. The third kappa shape index (κ3) is 4.41. The fourth-order valence-corrected chi connectivity index (χ4v) is 2.64. The molecule has 27 heavy (non-hydrogen) atoms. The highest BCUT2D eigenvalue weighted by Crippen LogP contribution is 2.21. The zero-order chi connectivity index (χ0) is 19.4. The van der Waals surface area contributed by atoms with Crippen LogP contribution in [-0.4, -0.2) is 34.5 Å². The van der Waals surface area contributed by atoms with Gasteiger partial charge in [0.2, 0.25) is 5.91 Å². The summed E-state index contributed by atoms with van der Waals surface area (Å²) in [6.07, 6.45) is 3.42. The lowest BCUT2D eigenvalue weighted by Gasteiger charge is -2.19. The van der Waals surface area contributed by atoms with Crippen LogP contribution >= 0.6 is 11.6 Å². The molecular formula is C20H20ClN5O. The first kappa shape index (κ1) is 18.8. The quantitative estimate of drug-likeness (QED) is 0.726. The third-order valence-corrected chi connectivity index (χ3v) is 4.56. The van der Waals surface area contributed by atoms with Crippen molar-refractivity contribution in [2.24, 2.45) is 0 Å². The van der Waals surface area contributed by atoms with Gasteiger partial charge in [-0.25, -0.2) is 9.97 Å². The second-order valence-corrected chi connectivity index (χ2v) is 6.57. The van der Waals surface area contributed by atoms with Gasteiger partial charge in [0, 0.05) is 47.0 Å². The van der Waals surface area contributed by atoms with Crippen molar-refractivity contribution in [2.75, 3.05) is 23.8 Å². The fraction of sp³-hybridized carbons (Fsp3) is 0.200. The van der Waals surface area contributed by atoms with Crippen LogP contribution in [0.1, 0.15) is 11.3 Å². The topological polar surface area (TPSA) is 71.0 Å². The monoisotopic (exact) mass is 381 g/mol. The van der Waals surface area contributed by atoms with Crippen LogP contribution in [0.15, 0.2) is 48.8 Å². The number of aromatic nitrogens is 3. The van der Waals surface area contributed by atoms with E-state index in [9.17, 15) is 4.79 Å². The van der Waals surface area contributed by atoms with Crippen LogP contribution in [0.25, 0.3) is 11.4 Å². The molecule has 2 aromatic heterocycles. The Bertz CT molecular complexity index is 945. The van der Waals surface area contributed by atoms with Crippen molar-refractivity contribution in [3.8, 4) is 11.4 Å². The van der Waals surface area contributed by atoms with E-state index in [2.05, 4.69) is 20.3 Å². The third-order valence-electron chi connectivity index (χ3n) is 4.30. The van der Waals surface area contributed by atoms with Crippen LogP contribution in [0.4, 0.5) is 11.5 Å². The molecule has 0 saturated carbocycles. The molecule has 0 atom stereocenters. The Labute approximate surface area is 163 Å². The molecule has 0 aliphatic heterocycles. The highest BCUT2D eigenvalue weighted by molar-refractivity contribution is 6.30. The van der Waals surface area contributed by atoms with Crippen molar-refractivity contribution < 1.29 is 4.79 Å². The summed E-state index contributed by atoms with van der Waals surface area (Å²) in [5.74, 6) is 1.13. The molecule has 3 aromatic rings. The van der Waals surface area contributed by atoms with Crippen LogP contribution in [0.5, 0.6) is 0 Å². The molecule has 1 N–H and O–H groups in total. The molecule has 0 radical (unpaired) electrons. The number of hydrogen-bond donors (Lipinski definition) is 1. The normalized spacial score (nSPS) is 10.5. The van der Waals surface area contributed by atoms with Gasteiger partial charge in [-0.05, 0) is 50.2 Å². The van der Waals surface area contributed by atoms with E-state index in [-0.39, 0.29) is 12.5 Å². The Morgan fingerprint density at radius 1 is 1.15 bits per heavy atom. The van der Waals surface area contributed by atoms with Gasteiger partial charge in [-0.2, -0.15) is 0 Å². The van der Waals surface area contributed by atoms with Gasteiger partial charge in [0.1, 0.15) is 5.82 Å². The average molecular weight is 382 g/mol. The summed E-state index contributed by atoms with van der Waals surface area (Å²) in [6, 6.07) is 10.9. The van der Waals surface area contributed by atoms with Crippen LogP contribution < -0.4 is 10.2 Å². The lowest BCUT2D eigenvalue weighted by molar-refractivity contribution is -0.116. The predicted molar refractivity (Wildman–Crippen MR) is 108 cm³/mol. The zero-order valence-electron chi connectivity index (χ0n) is 15.4. The lowest BCUT2D eigenvalue weighted by atomic mass is 10.2. The molecule has 1 aromatic carbocycles. The van der Waals surface area contributed by atoms with Crippen molar-refractivity contribution >= 4 is 29.0 Å². The minimum Gasteiger partial charge on any atom is -0.361 e. The number of carbonyl (C=O) groups excluding carboxylic acids is 1. The summed E-state index contributed by atoms with van der Waals surface area (Å²) in [7, 11) is 1.73. The van der Waals surface area contributed by atoms with E-state index in [1.54, 1.807) is 48.6 Å². The Hall–Kier alpha value is -2.99. The zero-order valence-corrected chi connectivity index (χ0v) is 16.2. The van der Waals surface area contributed by atoms with E-state index in [1.165, 1.54) is 0 Å².